The molecule has 0 radical (unpaired) electrons. The monoisotopic (exact) mass is 400 g/mol. The molecule has 0 bridgehead atoms. The summed E-state index contributed by atoms with van der Waals surface area (Å²) in [4.78, 5) is 3.64. The van der Waals surface area contributed by atoms with Gasteiger partial charge in [-0.25, -0.2) is 8.42 Å². The molecule has 0 aromatic heterocycles. The molecule has 0 aliphatic carbocycles. The highest BCUT2D eigenvalue weighted by Crippen LogP contribution is 2.31. The number of sulfonamides is 1. The maximum absolute atomic E-state index is 12.8. The summed E-state index contributed by atoms with van der Waals surface area (Å²) in [5, 5.41) is 0.456. The molecule has 0 saturated carbocycles. The molecule has 0 amide bonds. The van der Waals surface area contributed by atoms with Crippen LogP contribution in [0.2, 0.25) is 10.0 Å². The second-order valence-corrected chi connectivity index (χ2v) is 8.64. The average Bonchev–Trinajstić information content (AvgIpc) is 2.58. The molecule has 134 valence electrons. The van der Waals surface area contributed by atoms with E-state index in [0.717, 1.165) is 31.9 Å². The number of para-hydroxylation sites is 2. The quantitative estimate of drug-likeness (QED) is 0.826. The Morgan fingerprint density at radius 2 is 1.76 bits per heavy atom. The van der Waals surface area contributed by atoms with Crippen LogP contribution in [0.1, 0.15) is 0 Å². The number of halogens is 2. The minimum absolute atomic E-state index is 0.0284. The summed E-state index contributed by atoms with van der Waals surface area (Å²) >= 11 is 12.0. The van der Waals surface area contributed by atoms with Crippen molar-refractivity contribution in [1.29, 1.82) is 0 Å². The van der Waals surface area contributed by atoms with Crippen LogP contribution >= 0.6 is 23.2 Å². The number of likely N-dealkylation sites (N-methyl/N-ethyl adjacent to an activating group) is 1. The molecular formula is C17H20Cl2N3O2S+. The lowest BCUT2D eigenvalue weighted by Crippen LogP contribution is -3.12. The second-order valence-electron chi connectivity index (χ2n) is 6.14. The summed E-state index contributed by atoms with van der Waals surface area (Å²) in [6, 6.07) is 11.8. The van der Waals surface area contributed by atoms with Gasteiger partial charge in [0, 0.05) is 5.02 Å². The Morgan fingerprint density at radius 1 is 1.08 bits per heavy atom. The van der Waals surface area contributed by atoms with Crippen LogP contribution in [0.3, 0.4) is 0 Å². The van der Waals surface area contributed by atoms with Crippen molar-refractivity contribution < 1.29 is 13.3 Å². The van der Waals surface area contributed by atoms with Crippen molar-refractivity contribution in [3.63, 3.8) is 0 Å². The molecule has 1 fully saturated rings. The predicted molar refractivity (Wildman–Crippen MR) is 103 cm³/mol. The SMILES string of the molecule is C[NH+]1CCN(c2ccccc2NS(=O)(=O)c2cc(Cl)ccc2Cl)CC1. The van der Waals surface area contributed by atoms with Crippen molar-refractivity contribution in [2.24, 2.45) is 0 Å². The fourth-order valence-corrected chi connectivity index (χ4v) is 4.69. The van der Waals surface area contributed by atoms with Gasteiger partial charge in [0.15, 0.2) is 0 Å². The number of quaternary nitrogens is 1. The number of hydrogen-bond donors (Lipinski definition) is 2. The maximum Gasteiger partial charge on any atom is 0.263 e. The largest absolute Gasteiger partial charge is 0.359 e. The van der Waals surface area contributed by atoms with E-state index in [1.54, 1.807) is 12.1 Å². The summed E-state index contributed by atoms with van der Waals surface area (Å²) in [5.74, 6) is 0. The van der Waals surface area contributed by atoms with Crippen molar-refractivity contribution in [2.75, 3.05) is 42.8 Å². The Balaban J connectivity index is 1.91. The molecular weight excluding hydrogens is 381 g/mol. The Morgan fingerprint density at radius 3 is 2.48 bits per heavy atom. The van der Waals surface area contributed by atoms with Crippen LogP contribution < -0.4 is 14.5 Å². The third kappa shape index (κ3) is 4.20. The number of rotatable bonds is 4. The first-order valence-corrected chi connectivity index (χ1v) is 10.2. The van der Waals surface area contributed by atoms with Gasteiger partial charge in [-0.3, -0.25) is 4.72 Å². The molecule has 0 unspecified atom stereocenters. The molecule has 2 N–H and O–H groups in total. The molecule has 3 rings (SSSR count). The molecule has 25 heavy (non-hydrogen) atoms. The van der Waals surface area contributed by atoms with E-state index in [1.165, 1.54) is 17.0 Å². The Bertz CT molecular complexity index is 866. The van der Waals surface area contributed by atoms with Gasteiger partial charge in [0.25, 0.3) is 10.0 Å². The molecule has 1 heterocycles. The van der Waals surface area contributed by atoms with E-state index < -0.39 is 10.0 Å². The third-order valence-electron chi connectivity index (χ3n) is 4.29. The molecule has 1 saturated heterocycles. The number of nitrogens with zero attached hydrogens (tertiary/aromatic N) is 1. The van der Waals surface area contributed by atoms with Crippen LogP contribution in [0.4, 0.5) is 11.4 Å². The second kappa shape index (κ2) is 7.41. The van der Waals surface area contributed by atoms with Crippen LogP contribution in [0.5, 0.6) is 0 Å². The average molecular weight is 401 g/mol. The summed E-state index contributed by atoms with van der Waals surface area (Å²) in [5.41, 5.74) is 1.41. The van der Waals surface area contributed by atoms with Crippen molar-refractivity contribution in [3.05, 3.63) is 52.5 Å². The third-order valence-corrected chi connectivity index (χ3v) is 6.37. The highest BCUT2D eigenvalue weighted by molar-refractivity contribution is 7.92. The van der Waals surface area contributed by atoms with E-state index >= 15 is 0 Å². The normalized spacial score (nSPS) is 16.0. The van der Waals surface area contributed by atoms with E-state index in [0.29, 0.717) is 10.7 Å². The summed E-state index contributed by atoms with van der Waals surface area (Å²) in [7, 11) is -1.68. The summed E-state index contributed by atoms with van der Waals surface area (Å²) < 4.78 is 28.2. The van der Waals surface area contributed by atoms with E-state index in [2.05, 4.69) is 16.7 Å². The fourth-order valence-electron chi connectivity index (χ4n) is 2.85. The van der Waals surface area contributed by atoms with Gasteiger partial charge in [-0.05, 0) is 30.3 Å². The van der Waals surface area contributed by atoms with E-state index in [1.807, 2.05) is 18.2 Å². The molecule has 2 aromatic carbocycles. The van der Waals surface area contributed by atoms with Gasteiger partial charge in [-0.1, -0.05) is 35.3 Å². The van der Waals surface area contributed by atoms with Gasteiger partial charge in [-0.15, -0.1) is 0 Å². The van der Waals surface area contributed by atoms with Crippen LogP contribution in [-0.4, -0.2) is 41.6 Å². The first-order chi connectivity index (χ1) is 11.9. The Kier molecular flexibility index (Phi) is 5.43. The zero-order valence-electron chi connectivity index (χ0n) is 13.8. The van der Waals surface area contributed by atoms with E-state index in [4.69, 9.17) is 23.2 Å². The van der Waals surface area contributed by atoms with Gasteiger partial charge in [0.2, 0.25) is 0 Å². The zero-order chi connectivity index (χ0) is 18.0. The first kappa shape index (κ1) is 18.3. The van der Waals surface area contributed by atoms with Gasteiger partial charge in [0.05, 0.1) is 49.6 Å². The molecule has 1 aliphatic heterocycles. The summed E-state index contributed by atoms with van der Waals surface area (Å²) in [6.07, 6.45) is 0. The van der Waals surface area contributed by atoms with Crippen molar-refractivity contribution in [2.45, 2.75) is 4.90 Å². The Hall–Kier alpha value is -1.47. The van der Waals surface area contributed by atoms with Gasteiger partial charge in [0.1, 0.15) is 4.90 Å². The van der Waals surface area contributed by atoms with Gasteiger partial charge < -0.3 is 9.80 Å². The van der Waals surface area contributed by atoms with Crippen LogP contribution in [0.25, 0.3) is 0 Å². The highest BCUT2D eigenvalue weighted by Gasteiger charge is 2.23. The smallest absolute Gasteiger partial charge is 0.263 e. The lowest BCUT2D eigenvalue weighted by atomic mass is 10.2. The van der Waals surface area contributed by atoms with Gasteiger partial charge >= 0.3 is 0 Å². The lowest BCUT2D eigenvalue weighted by Gasteiger charge is -2.33. The number of piperazine rings is 1. The maximum atomic E-state index is 12.8. The minimum atomic E-state index is -3.84. The zero-order valence-corrected chi connectivity index (χ0v) is 16.1. The number of benzene rings is 2. The molecule has 1 aliphatic rings. The van der Waals surface area contributed by atoms with Crippen LogP contribution in [0.15, 0.2) is 47.4 Å². The Labute approximate surface area is 158 Å². The number of anilines is 2. The molecule has 8 heteroatoms. The molecule has 0 atom stereocenters. The van der Waals surface area contributed by atoms with Crippen molar-refractivity contribution in [1.82, 2.24) is 0 Å². The summed E-state index contributed by atoms with van der Waals surface area (Å²) in [6.45, 7) is 3.79. The first-order valence-electron chi connectivity index (χ1n) is 8.00. The molecule has 0 spiro atoms. The predicted octanol–water partition coefficient (Wildman–Crippen LogP) is 2.13. The molecule has 2 aromatic rings. The van der Waals surface area contributed by atoms with E-state index in [9.17, 15) is 8.42 Å². The standard InChI is InChI=1S/C17H19Cl2N3O2S/c1-21-8-10-22(11-9-21)16-5-3-2-4-15(16)20-25(23,24)17-12-13(18)6-7-14(17)19/h2-7,12,20H,8-11H2,1H3/p+1. The lowest BCUT2D eigenvalue weighted by molar-refractivity contribution is -0.880. The topological polar surface area (TPSA) is 53.9 Å². The fraction of sp³-hybridized carbons (Fsp3) is 0.294. The van der Waals surface area contributed by atoms with Gasteiger partial charge in [-0.2, -0.15) is 0 Å². The van der Waals surface area contributed by atoms with Crippen LogP contribution in [-0.2, 0) is 10.0 Å². The number of hydrogen-bond acceptors (Lipinski definition) is 3. The highest BCUT2D eigenvalue weighted by atomic mass is 35.5. The number of nitrogens with one attached hydrogen (secondary N) is 2. The van der Waals surface area contributed by atoms with Crippen molar-refractivity contribution in [3.8, 4) is 0 Å². The van der Waals surface area contributed by atoms with Crippen LogP contribution in [0, 0.1) is 0 Å². The minimum Gasteiger partial charge on any atom is -0.359 e. The van der Waals surface area contributed by atoms with Crippen molar-refractivity contribution >= 4 is 44.6 Å². The molecule has 5 nitrogen and oxygen atoms in total. The van der Waals surface area contributed by atoms with E-state index in [-0.39, 0.29) is 9.92 Å².